The molecule has 0 amide bonds. The Hall–Kier alpha value is -0.730. The van der Waals surface area contributed by atoms with Gasteiger partial charge in [0.25, 0.3) is 0 Å². The Kier molecular flexibility index (Phi) is 2.94. The van der Waals surface area contributed by atoms with Gasteiger partial charge in [0.1, 0.15) is 5.75 Å². The summed E-state index contributed by atoms with van der Waals surface area (Å²) < 4.78 is 0. The van der Waals surface area contributed by atoms with Crippen LogP contribution in [0, 0.1) is 0 Å². The van der Waals surface area contributed by atoms with Crippen LogP contribution in [0.3, 0.4) is 0 Å². The van der Waals surface area contributed by atoms with Crippen molar-refractivity contribution < 1.29 is 5.11 Å². The molecule has 1 atom stereocenters. The van der Waals surface area contributed by atoms with Gasteiger partial charge in [0.15, 0.2) is 0 Å². The van der Waals surface area contributed by atoms with Crippen LogP contribution in [0.15, 0.2) is 18.2 Å². The molecule has 2 N–H and O–H groups in total. The minimum atomic E-state index is 0.311. The summed E-state index contributed by atoms with van der Waals surface area (Å²) in [6.07, 6.45) is 3.21. The Morgan fingerprint density at radius 2 is 2.36 bits per heavy atom. The van der Waals surface area contributed by atoms with Gasteiger partial charge in [-0.1, -0.05) is 17.7 Å². The van der Waals surface area contributed by atoms with Crippen molar-refractivity contribution in [2.45, 2.75) is 25.3 Å². The molecule has 2 rings (SSSR count). The number of hydrogen-bond acceptors (Lipinski definition) is 2. The third kappa shape index (κ3) is 2.02. The van der Waals surface area contributed by atoms with Gasteiger partial charge < -0.3 is 10.4 Å². The van der Waals surface area contributed by atoms with E-state index < -0.39 is 0 Å². The number of phenols is 1. The molecular weight excluding hydrogens is 198 g/mol. The topological polar surface area (TPSA) is 32.3 Å². The molecule has 0 spiro atoms. The zero-order chi connectivity index (χ0) is 9.97. The van der Waals surface area contributed by atoms with Crippen LogP contribution >= 0.6 is 11.6 Å². The Morgan fingerprint density at radius 3 is 3.00 bits per heavy atom. The van der Waals surface area contributed by atoms with Gasteiger partial charge in [-0.25, -0.2) is 0 Å². The summed E-state index contributed by atoms with van der Waals surface area (Å²) in [5.74, 6) is 0.311. The number of aromatic hydroxyl groups is 1. The van der Waals surface area contributed by atoms with Crippen LogP contribution in [0.2, 0.25) is 5.02 Å². The molecule has 1 aliphatic heterocycles. The smallest absolute Gasteiger partial charge is 0.120 e. The van der Waals surface area contributed by atoms with Crippen LogP contribution in [0.1, 0.15) is 18.4 Å². The molecule has 1 aromatic rings. The molecule has 0 aromatic heterocycles. The molecule has 0 radical (unpaired) electrons. The molecule has 2 nitrogen and oxygen atoms in total. The van der Waals surface area contributed by atoms with Crippen LogP contribution in [0.5, 0.6) is 5.75 Å². The van der Waals surface area contributed by atoms with Gasteiger partial charge in [0.2, 0.25) is 0 Å². The average molecular weight is 212 g/mol. The first-order chi connectivity index (χ1) is 6.77. The van der Waals surface area contributed by atoms with Gasteiger partial charge in [-0.3, -0.25) is 0 Å². The molecule has 1 unspecified atom stereocenters. The fourth-order valence-electron chi connectivity index (χ4n) is 1.93. The van der Waals surface area contributed by atoms with Crippen LogP contribution in [0.4, 0.5) is 0 Å². The minimum absolute atomic E-state index is 0.311. The molecule has 0 bridgehead atoms. The average Bonchev–Trinajstić information content (AvgIpc) is 2.64. The van der Waals surface area contributed by atoms with Crippen molar-refractivity contribution in [3.05, 3.63) is 28.8 Å². The van der Waals surface area contributed by atoms with Gasteiger partial charge in [-0.2, -0.15) is 0 Å². The maximum atomic E-state index is 9.64. The molecule has 76 valence electrons. The zero-order valence-electron chi connectivity index (χ0n) is 7.96. The van der Waals surface area contributed by atoms with Gasteiger partial charge in [-0.15, -0.1) is 0 Å². The fourth-order valence-corrected chi connectivity index (χ4v) is 2.17. The number of rotatable bonds is 2. The van der Waals surface area contributed by atoms with E-state index in [1.54, 1.807) is 12.1 Å². The molecule has 1 aliphatic rings. The summed E-state index contributed by atoms with van der Waals surface area (Å²) in [7, 11) is 0. The second-order valence-electron chi connectivity index (χ2n) is 3.73. The van der Waals surface area contributed by atoms with Crippen LogP contribution in [0.25, 0.3) is 0 Å². The van der Waals surface area contributed by atoms with Crippen LogP contribution in [-0.4, -0.2) is 17.7 Å². The summed E-state index contributed by atoms with van der Waals surface area (Å²) in [5, 5.41) is 13.7. The summed E-state index contributed by atoms with van der Waals surface area (Å²) in [5.41, 5.74) is 0.869. The van der Waals surface area contributed by atoms with Gasteiger partial charge in [0, 0.05) is 16.6 Å². The van der Waals surface area contributed by atoms with E-state index in [4.69, 9.17) is 11.6 Å². The number of hydrogen-bond donors (Lipinski definition) is 2. The lowest BCUT2D eigenvalue weighted by Gasteiger charge is -2.12. The second-order valence-corrected chi connectivity index (χ2v) is 4.14. The summed E-state index contributed by atoms with van der Waals surface area (Å²) in [4.78, 5) is 0. The number of benzene rings is 1. The normalized spacial score (nSPS) is 21.4. The van der Waals surface area contributed by atoms with Crippen molar-refractivity contribution in [2.75, 3.05) is 6.54 Å². The molecule has 1 fully saturated rings. The maximum Gasteiger partial charge on any atom is 0.120 e. The quantitative estimate of drug-likeness (QED) is 0.787. The Morgan fingerprint density at radius 1 is 1.50 bits per heavy atom. The van der Waals surface area contributed by atoms with E-state index in [0.29, 0.717) is 16.8 Å². The van der Waals surface area contributed by atoms with E-state index in [0.717, 1.165) is 18.5 Å². The highest BCUT2D eigenvalue weighted by Gasteiger charge is 2.17. The van der Waals surface area contributed by atoms with Crippen molar-refractivity contribution in [3.8, 4) is 5.75 Å². The summed E-state index contributed by atoms with van der Waals surface area (Å²) in [6.45, 7) is 1.08. The van der Waals surface area contributed by atoms with E-state index in [-0.39, 0.29) is 0 Å². The Bertz CT molecular complexity index is 301. The van der Waals surface area contributed by atoms with Crippen molar-refractivity contribution in [1.82, 2.24) is 5.32 Å². The number of halogens is 1. The lowest BCUT2D eigenvalue weighted by molar-refractivity contribution is 0.462. The predicted molar refractivity (Wildman–Crippen MR) is 57.8 cm³/mol. The SMILES string of the molecule is Oc1cccc(Cl)c1CC1CCCN1. The Labute approximate surface area is 88.9 Å². The highest BCUT2D eigenvalue weighted by Crippen LogP contribution is 2.27. The van der Waals surface area contributed by atoms with E-state index in [2.05, 4.69) is 5.32 Å². The minimum Gasteiger partial charge on any atom is -0.508 e. The number of phenolic OH excluding ortho intramolecular Hbond substituents is 1. The molecule has 0 aliphatic carbocycles. The molecule has 14 heavy (non-hydrogen) atoms. The van der Waals surface area contributed by atoms with E-state index in [1.807, 2.05) is 6.07 Å². The van der Waals surface area contributed by atoms with Gasteiger partial charge >= 0.3 is 0 Å². The zero-order valence-corrected chi connectivity index (χ0v) is 8.72. The molecule has 1 saturated heterocycles. The van der Waals surface area contributed by atoms with Gasteiger partial charge in [0.05, 0.1) is 0 Å². The predicted octanol–water partition coefficient (Wildman–Crippen LogP) is 2.34. The first-order valence-electron chi connectivity index (χ1n) is 4.97. The van der Waals surface area contributed by atoms with Crippen molar-refractivity contribution in [2.24, 2.45) is 0 Å². The lowest BCUT2D eigenvalue weighted by atomic mass is 10.0. The van der Waals surface area contributed by atoms with E-state index >= 15 is 0 Å². The maximum absolute atomic E-state index is 9.64. The fraction of sp³-hybridized carbons (Fsp3) is 0.455. The summed E-state index contributed by atoms with van der Waals surface area (Å²) >= 11 is 6.02. The Balaban J connectivity index is 2.14. The third-order valence-corrected chi connectivity index (χ3v) is 3.06. The van der Waals surface area contributed by atoms with Gasteiger partial charge in [-0.05, 0) is 37.9 Å². The first-order valence-corrected chi connectivity index (χ1v) is 5.35. The second kappa shape index (κ2) is 4.20. The van der Waals surface area contributed by atoms with Crippen molar-refractivity contribution >= 4 is 11.6 Å². The largest absolute Gasteiger partial charge is 0.508 e. The van der Waals surface area contributed by atoms with Crippen LogP contribution in [-0.2, 0) is 6.42 Å². The first kappa shape index (κ1) is 9.81. The van der Waals surface area contributed by atoms with Crippen molar-refractivity contribution in [1.29, 1.82) is 0 Å². The standard InChI is InChI=1S/C11H14ClNO/c12-10-4-1-5-11(14)9(10)7-8-3-2-6-13-8/h1,4-5,8,13-14H,2-3,6-7H2. The molecule has 0 saturated carbocycles. The highest BCUT2D eigenvalue weighted by molar-refractivity contribution is 6.31. The monoisotopic (exact) mass is 211 g/mol. The molecule has 1 aromatic carbocycles. The lowest BCUT2D eigenvalue weighted by Crippen LogP contribution is -2.23. The third-order valence-electron chi connectivity index (χ3n) is 2.71. The summed E-state index contributed by atoms with van der Waals surface area (Å²) in [6, 6.07) is 5.76. The number of nitrogens with one attached hydrogen (secondary N) is 1. The molecule has 1 heterocycles. The van der Waals surface area contributed by atoms with Crippen molar-refractivity contribution in [3.63, 3.8) is 0 Å². The van der Waals surface area contributed by atoms with Crippen LogP contribution < -0.4 is 5.32 Å². The van der Waals surface area contributed by atoms with E-state index in [9.17, 15) is 5.11 Å². The molecule has 3 heteroatoms. The van der Waals surface area contributed by atoms with E-state index in [1.165, 1.54) is 12.8 Å². The highest BCUT2D eigenvalue weighted by atomic mass is 35.5. The molecular formula is C11H14ClNO.